The minimum Gasteiger partial charge on any atom is -0.345 e. The molecule has 1 aromatic heterocycles. The van der Waals surface area contributed by atoms with Crippen LogP contribution in [-0.4, -0.2) is 32.2 Å². The zero-order chi connectivity index (χ0) is 19.2. The molecular formula is C19H17BrN4O2S. The van der Waals surface area contributed by atoms with Crippen molar-refractivity contribution in [3.8, 4) is 0 Å². The smallest absolute Gasteiger partial charge is 0.251 e. The third kappa shape index (κ3) is 5.05. The van der Waals surface area contributed by atoms with Gasteiger partial charge >= 0.3 is 0 Å². The van der Waals surface area contributed by atoms with Crippen LogP contribution in [0.2, 0.25) is 0 Å². The number of Topliss-reactive ketones (excluding diaryl/α,β-unsaturated/α-hetero) is 1. The van der Waals surface area contributed by atoms with Crippen molar-refractivity contribution in [2.45, 2.75) is 11.7 Å². The first-order valence-electron chi connectivity index (χ1n) is 8.17. The molecule has 0 aliphatic carbocycles. The van der Waals surface area contributed by atoms with E-state index in [9.17, 15) is 9.59 Å². The maximum absolute atomic E-state index is 12.3. The van der Waals surface area contributed by atoms with E-state index in [1.165, 1.54) is 11.8 Å². The van der Waals surface area contributed by atoms with Gasteiger partial charge in [0.15, 0.2) is 16.8 Å². The summed E-state index contributed by atoms with van der Waals surface area (Å²) in [6, 6.07) is 16.2. The summed E-state index contributed by atoms with van der Waals surface area (Å²) < 4.78 is 2.72. The van der Waals surface area contributed by atoms with Gasteiger partial charge in [0.05, 0.1) is 12.3 Å². The highest BCUT2D eigenvalue weighted by atomic mass is 79.9. The SMILES string of the molecule is Cn1c(CNC(=O)c2ccccc2)nnc1SCC(=O)c1ccc(Br)cc1. The lowest BCUT2D eigenvalue weighted by molar-refractivity contribution is 0.0948. The van der Waals surface area contributed by atoms with Gasteiger partial charge in [0.2, 0.25) is 0 Å². The number of hydrogen-bond donors (Lipinski definition) is 1. The molecule has 6 nitrogen and oxygen atoms in total. The number of carbonyl (C=O) groups is 2. The quantitative estimate of drug-likeness (QED) is 0.445. The number of benzene rings is 2. The molecule has 1 heterocycles. The number of carbonyl (C=O) groups excluding carboxylic acids is 2. The monoisotopic (exact) mass is 444 g/mol. The molecule has 2 aromatic carbocycles. The van der Waals surface area contributed by atoms with Crippen molar-refractivity contribution in [2.24, 2.45) is 7.05 Å². The number of thioether (sulfide) groups is 1. The van der Waals surface area contributed by atoms with Gasteiger partial charge in [0, 0.05) is 22.6 Å². The van der Waals surface area contributed by atoms with Crippen LogP contribution in [-0.2, 0) is 13.6 Å². The summed E-state index contributed by atoms with van der Waals surface area (Å²) in [4.78, 5) is 24.4. The van der Waals surface area contributed by atoms with E-state index >= 15 is 0 Å². The van der Waals surface area contributed by atoms with Gasteiger partial charge in [-0.1, -0.05) is 58.0 Å². The Morgan fingerprint density at radius 3 is 2.44 bits per heavy atom. The van der Waals surface area contributed by atoms with Crippen LogP contribution in [0.1, 0.15) is 26.5 Å². The van der Waals surface area contributed by atoms with Gasteiger partial charge in [0.1, 0.15) is 0 Å². The highest BCUT2D eigenvalue weighted by Crippen LogP contribution is 2.18. The Balaban J connectivity index is 1.56. The fraction of sp³-hybridized carbons (Fsp3) is 0.158. The van der Waals surface area contributed by atoms with Crippen LogP contribution in [0.3, 0.4) is 0 Å². The predicted octanol–water partition coefficient (Wildman–Crippen LogP) is 3.48. The van der Waals surface area contributed by atoms with Gasteiger partial charge in [-0.3, -0.25) is 9.59 Å². The van der Waals surface area contributed by atoms with E-state index in [1.807, 2.05) is 37.4 Å². The molecule has 0 radical (unpaired) electrons. The Kier molecular flexibility index (Phi) is 6.41. The predicted molar refractivity (Wildman–Crippen MR) is 108 cm³/mol. The molecule has 27 heavy (non-hydrogen) atoms. The first kappa shape index (κ1) is 19.3. The number of rotatable bonds is 7. The molecule has 1 amide bonds. The van der Waals surface area contributed by atoms with E-state index in [0.717, 1.165) is 4.47 Å². The first-order chi connectivity index (χ1) is 13.0. The summed E-state index contributed by atoms with van der Waals surface area (Å²) in [5.41, 5.74) is 1.25. The molecule has 3 aromatic rings. The Hall–Kier alpha value is -2.45. The van der Waals surface area contributed by atoms with Crippen LogP contribution in [0.25, 0.3) is 0 Å². The molecular weight excluding hydrogens is 428 g/mol. The standard InChI is InChI=1S/C19H17BrN4O2S/c1-24-17(11-21-18(26)14-5-3-2-4-6-14)22-23-19(24)27-12-16(25)13-7-9-15(20)10-8-13/h2-10H,11-12H2,1H3,(H,21,26). The fourth-order valence-electron chi connectivity index (χ4n) is 2.32. The number of aromatic nitrogens is 3. The van der Waals surface area contributed by atoms with E-state index in [-0.39, 0.29) is 24.0 Å². The number of hydrogen-bond acceptors (Lipinski definition) is 5. The lowest BCUT2D eigenvalue weighted by Gasteiger charge is -2.06. The van der Waals surface area contributed by atoms with Gasteiger partial charge < -0.3 is 9.88 Å². The topological polar surface area (TPSA) is 76.9 Å². The molecule has 3 rings (SSSR count). The van der Waals surface area contributed by atoms with Crippen molar-refractivity contribution in [1.29, 1.82) is 0 Å². The van der Waals surface area contributed by atoms with Crippen LogP contribution >= 0.6 is 27.7 Å². The normalized spacial score (nSPS) is 10.6. The molecule has 0 aliphatic rings. The second-order valence-electron chi connectivity index (χ2n) is 5.73. The van der Waals surface area contributed by atoms with Crippen LogP contribution in [0.15, 0.2) is 64.2 Å². The van der Waals surface area contributed by atoms with Gasteiger partial charge in [0.25, 0.3) is 5.91 Å². The third-order valence-corrected chi connectivity index (χ3v) is 5.42. The average molecular weight is 445 g/mol. The van der Waals surface area contributed by atoms with E-state index in [0.29, 0.717) is 22.1 Å². The highest BCUT2D eigenvalue weighted by molar-refractivity contribution is 9.10. The molecule has 0 fully saturated rings. The van der Waals surface area contributed by atoms with Crippen molar-refractivity contribution < 1.29 is 9.59 Å². The second-order valence-corrected chi connectivity index (χ2v) is 7.58. The molecule has 0 spiro atoms. The van der Waals surface area contributed by atoms with Gasteiger partial charge in [-0.2, -0.15) is 0 Å². The molecule has 0 unspecified atom stereocenters. The van der Waals surface area contributed by atoms with Crippen molar-refractivity contribution in [2.75, 3.05) is 5.75 Å². The second kappa shape index (κ2) is 8.96. The first-order valence-corrected chi connectivity index (χ1v) is 9.95. The van der Waals surface area contributed by atoms with Crippen LogP contribution in [0.5, 0.6) is 0 Å². The summed E-state index contributed by atoms with van der Waals surface area (Å²) in [5.74, 6) is 0.745. The molecule has 0 aliphatic heterocycles. The Morgan fingerprint density at radius 1 is 1.04 bits per heavy atom. The molecule has 138 valence electrons. The van der Waals surface area contributed by atoms with Gasteiger partial charge in [-0.15, -0.1) is 10.2 Å². The maximum atomic E-state index is 12.3. The Morgan fingerprint density at radius 2 is 1.74 bits per heavy atom. The van der Waals surface area contributed by atoms with E-state index in [2.05, 4.69) is 31.4 Å². The number of amides is 1. The largest absolute Gasteiger partial charge is 0.345 e. The fourth-order valence-corrected chi connectivity index (χ4v) is 3.41. The van der Waals surface area contributed by atoms with Gasteiger partial charge in [-0.25, -0.2) is 0 Å². The number of nitrogens with zero attached hydrogens (tertiary/aromatic N) is 3. The van der Waals surface area contributed by atoms with Crippen LogP contribution in [0.4, 0.5) is 0 Å². The highest BCUT2D eigenvalue weighted by Gasteiger charge is 2.13. The Bertz CT molecular complexity index is 942. The molecule has 0 saturated heterocycles. The molecule has 0 atom stereocenters. The minimum atomic E-state index is -0.168. The number of halogens is 1. The third-order valence-electron chi connectivity index (χ3n) is 3.87. The van der Waals surface area contributed by atoms with Crippen molar-refractivity contribution in [3.05, 3.63) is 76.0 Å². The summed E-state index contributed by atoms with van der Waals surface area (Å²) in [6.45, 7) is 0.262. The lowest BCUT2D eigenvalue weighted by Crippen LogP contribution is -2.24. The summed E-state index contributed by atoms with van der Waals surface area (Å²) in [7, 11) is 1.82. The van der Waals surface area contributed by atoms with Crippen molar-refractivity contribution in [3.63, 3.8) is 0 Å². The summed E-state index contributed by atoms with van der Waals surface area (Å²) in [5, 5.41) is 11.7. The van der Waals surface area contributed by atoms with Crippen LogP contribution < -0.4 is 5.32 Å². The summed E-state index contributed by atoms with van der Waals surface area (Å²) >= 11 is 4.68. The molecule has 0 bridgehead atoms. The number of ketones is 1. The molecule has 8 heteroatoms. The summed E-state index contributed by atoms with van der Waals surface area (Å²) in [6.07, 6.45) is 0. The minimum absolute atomic E-state index is 0.0226. The lowest BCUT2D eigenvalue weighted by atomic mass is 10.2. The molecule has 1 N–H and O–H groups in total. The van der Waals surface area contributed by atoms with E-state index < -0.39 is 0 Å². The van der Waals surface area contributed by atoms with Crippen LogP contribution in [0, 0.1) is 0 Å². The van der Waals surface area contributed by atoms with E-state index in [4.69, 9.17) is 0 Å². The van der Waals surface area contributed by atoms with E-state index in [1.54, 1.807) is 28.8 Å². The average Bonchev–Trinajstić information content (AvgIpc) is 3.05. The maximum Gasteiger partial charge on any atom is 0.251 e. The van der Waals surface area contributed by atoms with Gasteiger partial charge in [-0.05, 0) is 24.3 Å². The zero-order valence-corrected chi connectivity index (χ0v) is 17.0. The van der Waals surface area contributed by atoms with Crippen molar-refractivity contribution >= 4 is 39.4 Å². The van der Waals surface area contributed by atoms with Crippen molar-refractivity contribution in [1.82, 2.24) is 20.1 Å². The number of nitrogens with one attached hydrogen (secondary N) is 1. The zero-order valence-electron chi connectivity index (χ0n) is 14.6. The molecule has 0 saturated carbocycles. The Labute approximate surface area is 169 Å².